The van der Waals surface area contributed by atoms with Crippen molar-refractivity contribution in [1.29, 1.82) is 0 Å². The Morgan fingerprint density at radius 1 is 1.04 bits per heavy atom. The highest BCUT2D eigenvalue weighted by Gasteiger charge is 2.13. The number of carbonyl (C=O) groups is 2. The molecule has 0 aliphatic carbocycles. The van der Waals surface area contributed by atoms with Crippen molar-refractivity contribution < 1.29 is 14.5 Å². The second-order valence-corrected chi connectivity index (χ2v) is 6.09. The van der Waals surface area contributed by atoms with Gasteiger partial charge in [0, 0.05) is 23.5 Å². The number of nitrogens with one attached hydrogen (secondary N) is 2. The van der Waals surface area contributed by atoms with Crippen molar-refractivity contribution in [3.63, 3.8) is 0 Å². The molecule has 2 N–H and O–H groups in total. The molecular formula is C19H22N4O4. The fraction of sp³-hybridized carbons (Fsp3) is 0.263. The number of aryl methyl sites for hydroxylation is 1. The summed E-state index contributed by atoms with van der Waals surface area (Å²) in [5.74, 6) is -0.582. The first kappa shape index (κ1) is 20.1. The van der Waals surface area contributed by atoms with Crippen LogP contribution in [-0.2, 0) is 16.0 Å². The fourth-order valence-corrected chi connectivity index (χ4v) is 2.58. The molecule has 2 rings (SSSR count). The molecule has 8 heteroatoms. The number of anilines is 2. The number of nitro benzene ring substituents is 1. The summed E-state index contributed by atoms with van der Waals surface area (Å²) in [5, 5.41) is 16.2. The molecule has 2 aromatic carbocycles. The van der Waals surface area contributed by atoms with E-state index < -0.39 is 4.92 Å². The van der Waals surface area contributed by atoms with Crippen LogP contribution in [0.25, 0.3) is 0 Å². The van der Waals surface area contributed by atoms with Gasteiger partial charge in [-0.05, 0) is 31.2 Å². The Morgan fingerprint density at radius 2 is 1.70 bits per heavy atom. The molecule has 0 aliphatic heterocycles. The number of hydrogen-bond acceptors (Lipinski definition) is 5. The summed E-state index contributed by atoms with van der Waals surface area (Å²) < 4.78 is 0. The molecule has 0 fully saturated rings. The van der Waals surface area contributed by atoms with Gasteiger partial charge in [-0.1, -0.05) is 31.2 Å². The minimum atomic E-state index is -0.528. The Balaban J connectivity index is 1.86. The highest BCUT2D eigenvalue weighted by molar-refractivity contribution is 5.95. The molecule has 0 saturated carbocycles. The van der Waals surface area contributed by atoms with Crippen LogP contribution in [0.15, 0.2) is 48.5 Å². The molecule has 0 saturated heterocycles. The minimum absolute atomic E-state index is 0.0223. The van der Waals surface area contributed by atoms with Crippen LogP contribution >= 0.6 is 0 Å². The van der Waals surface area contributed by atoms with Crippen LogP contribution in [0, 0.1) is 10.1 Å². The van der Waals surface area contributed by atoms with Crippen molar-refractivity contribution in [2.45, 2.75) is 13.3 Å². The topological polar surface area (TPSA) is 105 Å². The molecule has 0 heterocycles. The van der Waals surface area contributed by atoms with E-state index in [9.17, 15) is 19.7 Å². The summed E-state index contributed by atoms with van der Waals surface area (Å²) in [6, 6.07) is 13.3. The molecule has 0 unspecified atom stereocenters. The number of rotatable bonds is 8. The lowest BCUT2D eigenvalue weighted by molar-refractivity contribution is -0.384. The van der Waals surface area contributed by atoms with E-state index in [0.29, 0.717) is 5.69 Å². The van der Waals surface area contributed by atoms with Gasteiger partial charge >= 0.3 is 0 Å². The van der Waals surface area contributed by atoms with E-state index >= 15 is 0 Å². The third-order valence-corrected chi connectivity index (χ3v) is 3.84. The number of likely N-dealkylation sites (N-methyl/N-ethyl adjacent to an activating group) is 1. The summed E-state index contributed by atoms with van der Waals surface area (Å²) in [5.41, 5.74) is 2.04. The van der Waals surface area contributed by atoms with Crippen molar-refractivity contribution in [2.24, 2.45) is 0 Å². The highest BCUT2D eigenvalue weighted by atomic mass is 16.6. The standard InChI is InChI=1S/C19H22N4O4/c1-3-14-7-4-5-10-17(14)21-19(25)13-22(2)12-18(24)20-15-8-6-9-16(11-15)23(26)27/h4-11H,3,12-13H2,1-2H3,(H,20,24)(H,21,25). The summed E-state index contributed by atoms with van der Waals surface area (Å²) in [7, 11) is 1.65. The van der Waals surface area contributed by atoms with Crippen molar-refractivity contribution in [3.05, 3.63) is 64.2 Å². The maximum absolute atomic E-state index is 12.2. The molecule has 0 spiro atoms. The largest absolute Gasteiger partial charge is 0.325 e. The van der Waals surface area contributed by atoms with Gasteiger partial charge in [0.2, 0.25) is 11.8 Å². The Morgan fingerprint density at radius 3 is 2.37 bits per heavy atom. The van der Waals surface area contributed by atoms with Gasteiger partial charge in [0.1, 0.15) is 0 Å². The molecule has 8 nitrogen and oxygen atoms in total. The van der Waals surface area contributed by atoms with Gasteiger partial charge < -0.3 is 10.6 Å². The van der Waals surface area contributed by atoms with Crippen LogP contribution in [-0.4, -0.2) is 41.8 Å². The maximum atomic E-state index is 12.2. The van der Waals surface area contributed by atoms with Gasteiger partial charge in [-0.3, -0.25) is 24.6 Å². The van der Waals surface area contributed by atoms with Gasteiger partial charge in [-0.15, -0.1) is 0 Å². The second-order valence-electron chi connectivity index (χ2n) is 6.09. The summed E-state index contributed by atoms with van der Waals surface area (Å²) >= 11 is 0. The first-order chi connectivity index (χ1) is 12.9. The van der Waals surface area contributed by atoms with E-state index in [2.05, 4.69) is 10.6 Å². The van der Waals surface area contributed by atoms with Crippen LogP contribution in [0.3, 0.4) is 0 Å². The molecule has 0 aromatic heterocycles. The van der Waals surface area contributed by atoms with E-state index in [-0.39, 0.29) is 30.6 Å². The molecular weight excluding hydrogens is 348 g/mol. The Bertz CT molecular complexity index is 838. The zero-order valence-electron chi connectivity index (χ0n) is 15.3. The third-order valence-electron chi connectivity index (χ3n) is 3.84. The number of nitrogens with zero attached hydrogens (tertiary/aromatic N) is 2. The Labute approximate surface area is 157 Å². The smallest absolute Gasteiger partial charge is 0.271 e. The summed E-state index contributed by atoms with van der Waals surface area (Å²) in [6.45, 7) is 2.03. The first-order valence-electron chi connectivity index (χ1n) is 8.49. The van der Waals surface area contributed by atoms with Gasteiger partial charge in [0.25, 0.3) is 5.69 Å². The Kier molecular flexibility index (Phi) is 7.01. The van der Waals surface area contributed by atoms with Crippen LogP contribution in [0.2, 0.25) is 0 Å². The first-order valence-corrected chi connectivity index (χ1v) is 8.49. The van der Waals surface area contributed by atoms with Crippen LogP contribution in [0.5, 0.6) is 0 Å². The number of non-ortho nitro benzene ring substituents is 1. The monoisotopic (exact) mass is 370 g/mol. The van der Waals surface area contributed by atoms with Gasteiger partial charge in [0.15, 0.2) is 0 Å². The fourth-order valence-electron chi connectivity index (χ4n) is 2.58. The molecule has 0 aliphatic rings. The van der Waals surface area contributed by atoms with Gasteiger partial charge in [-0.25, -0.2) is 0 Å². The predicted octanol–water partition coefficient (Wildman–Crippen LogP) is 2.67. The number of hydrogen-bond donors (Lipinski definition) is 2. The van der Waals surface area contributed by atoms with E-state index in [1.165, 1.54) is 18.2 Å². The minimum Gasteiger partial charge on any atom is -0.325 e. The molecule has 0 bridgehead atoms. The molecule has 2 amide bonds. The molecule has 27 heavy (non-hydrogen) atoms. The number of nitro groups is 1. The lowest BCUT2D eigenvalue weighted by Crippen LogP contribution is -2.36. The number of benzene rings is 2. The number of amides is 2. The quantitative estimate of drug-likeness (QED) is 0.549. The summed E-state index contributed by atoms with van der Waals surface area (Å²) in [4.78, 5) is 36.1. The molecule has 2 aromatic rings. The second kappa shape index (κ2) is 9.44. The zero-order chi connectivity index (χ0) is 19.8. The maximum Gasteiger partial charge on any atom is 0.271 e. The van der Waals surface area contributed by atoms with Crippen molar-refractivity contribution in [2.75, 3.05) is 30.8 Å². The lowest BCUT2D eigenvalue weighted by Gasteiger charge is -2.17. The van der Waals surface area contributed by atoms with E-state index in [0.717, 1.165) is 17.7 Å². The third kappa shape index (κ3) is 6.19. The predicted molar refractivity (Wildman–Crippen MR) is 104 cm³/mol. The van der Waals surface area contributed by atoms with Gasteiger partial charge in [-0.2, -0.15) is 0 Å². The number of carbonyl (C=O) groups excluding carboxylic acids is 2. The lowest BCUT2D eigenvalue weighted by atomic mass is 10.1. The molecule has 0 radical (unpaired) electrons. The van der Waals surface area contributed by atoms with Crippen molar-refractivity contribution >= 4 is 28.9 Å². The van der Waals surface area contributed by atoms with Crippen LogP contribution < -0.4 is 10.6 Å². The van der Waals surface area contributed by atoms with E-state index in [4.69, 9.17) is 0 Å². The number of para-hydroxylation sites is 1. The SMILES string of the molecule is CCc1ccccc1NC(=O)CN(C)CC(=O)Nc1cccc([N+](=O)[O-])c1. The molecule has 142 valence electrons. The summed E-state index contributed by atoms with van der Waals surface area (Å²) in [6.07, 6.45) is 0.803. The zero-order valence-corrected chi connectivity index (χ0v) is 15.3. The van der Waals surface area contributed by atoms with Crippen LogP contribution in [0.1, 0.15) is 12.5 Å². The van der Waals surface area contributed by atoms with Crippen molar-refractivity contribution in [1.82, 2.24) is 4.90 Å². The highest BCUT2D eigenvalue weighted by Crippen LogP contribution is 2.17. The van der Waals surface area contributed by atoms with Crippen LogP contribution in [0.4, 0.5) is 17.1 Å². The van der Waals surface area contributed by atoms with Crippen molar-refractivity contribution in [3.8, 4) is 0 Å². The molecule has 0 atom stereocenters. The normalized spacial score (nSPS) is 10.5. The Hall–Kier alpha value is -3.26. The average molecular weight is 370 g/mol. The van der Waals surface area contributed by atoms with Gasteiger partial charge in [0.05, 0.1) is 18.0 Å². The van der Waals surface area contributed by atoms with E-state index in [1.54, 1.807) is 18.0 Å². The average Bonchev–Trinajstić information content (AvgIpc) is 2.61. The van der Waals surface area contributed by atoms with E-state index in [1.807, 2.05) is 31.2 Å².